The predicted molar refractivity (Wildman–Crippen MR) is 86.2 cm³/mol. The van der Waals surface area contributed by atoms with E-state index in [4.69, 9.17) is 14.2 Å². The Kier molecular flexibility index (Phi) is 3.30. The van der Waals surface area contributed by atoms with Gasteiger partial charge in [-0.25, -0.2) is 0 Å². The highest BCUT2D eigenvalue weighted by atomic mass is 16.7. The van der Waals surface area contributed by atoms with Gasteiger partial charge in [-0.15, -0.1) is 0 Å². The first kappa shape index (κ1) is 13.9. The highest BCUT2D eigenvalue weighted by molar-refractivity contribution is 6.13. The molecule has 0 atom stereocenters. The Morgan fingerprint density at radius 2 is 2.00 bits per heavy atom. The zero-order valence-electron chi connectivity index (χ0n) is 12.8. The van der Waals surface area contributed by atoms with E-state index < -0.39 is 0 Å². The molecular weight excluding hydrogens is 292 g/mol. The summed E-state index contributed by atoms with van der Waals surface area (Å²) in [4.78, 5) is 12.7. The average Bonchev–Trinajstić information content (AvgIpc) is 3.05. The molecule has 2 aromatic rings. The summed E-state index contributed by atoms with van der Waals surface area (Å²) in [5.41, 5.74) is 3.62. The molecule has 0 spiro atoms. The maximum Gasteiger partial charge on any atom is 0.231 e. The first-order chi connectivity index (χ1) is 11.3. The molecular formula is C19H16O4. The molecule has 4 heteroatoms. The van der Waals surface area contributed by atoms with Crippen molar-refractivity contribution in [2.45, 2.75) is 12.8 Å². The molecule has 4 nitrogen and oxygen atoms in total. The summed E-state index contributed by atoms with van der Waals surface area (Å²) in [6.07, 6.45) is 3.55. The third kappa shape index (κ3) is 2.36. The van der Waals surface area contributed by atoms with Crippen molar-refractivity contribution in [3.8, 4) is 17.2 Å². The molecule has 23 heavy (non-hydrogen) atoms. The van der Waals surface area contributed by atoms with Gasteiger partial charge in [-0.1, -0.05) is 24.3 Å². The molecule has 0 unspecified atom stereocenters. The third-order valence-electron chi connectivity index (χ3n) is 4.24. The number of carbonyl (C=O) groups excluding carboxylic acids is 1. The second-order valence-corrected chi connectivity index (χ2v) is 5.61. The summed E-state index contributed by atoms with van der Waals surface area (Å²) < 4.78 is 16.2. The van der Waals surface area contributed by atoms with Crippen LogP contribution in [-0.4, -0.2) is 19.7 Å². The molecule has 2 aromatic carbocycles. The standard InChI is InChI=1S/C19H16O4/c1-21-16-9-12(10-17-19(16)23-11-22-17)8-14-7-6-13-4-2-3-5-15(13)18(14)20/h2-5,8-10H,6-7,11H2,1H3/b14-8+. The van der Waals surface area contributed by atoms with Crippen molar-refractivity contribution in [1.82, 2.24) is 0 Å². The van der Waals surface area contributed by atoms with Crippen molar-refractivity contribution < 1.29 is 19.0 Å². The number of methoxy groups -OCH3 is 1. The minimum atomic E-state index is 0.100. The molecule has 0 saturated heterocycles. The second-order valence-electron chi connectivity index (χ2n) is 5.61. The summed E-state index contributed by atoms with van der Waals surface area (Å²) in [6, 6.07) is 11.5. The van der Waals surface area contributed by atoms with Crippen molar-refractivity contribution in [3.05, 3.63) is 58.7 Å². The van der Waals surface area contributed by atoms with Crippen LogP contribution in [-0.2, 0) is 6.42 Å². The number of ketones is 1. The highest BCUT2D eigenvalue weighted by Gasteiger charge is 2.23. The molecule has 4 rings (SSSR count). The Morgan fingerprint density at radius 1 is 1.13 bits per heavy atom. The molecule has 0 bridgehead atoms. The van der Waals surface area contributed by atoms with Gasteiger partial charge in [0.25, 0.3) is 0 Å². The lowest BCUT2D eigenvalue weighted by Crippen LogP contribution is -2.13. The molecule has 116 valence electrons. The van der Waals surface area contributed by atoms with Gasteiger partial charge in [-0.05, 0) is 42.2 Å². The summed E-state index contributed by atoms with van der Waals surface area (Å²) in [7, 11) is 1.59. The number of ether oxygens (including phenoxy) is 3. The van der Waals surface area contributed by atoms with Crippen LogP contribution in [0.25, 0.3) is 6.08 Å². The Hall–Kier alpha value is -2.75. The van der Waals surface area contributed by atoms with Crippen LogP contribution in [0.2, 0.25) is 0 Å². The smallest absolute Gasteiger partial charge is 0.231 e. The first-order valence-electron chi connectivity index (χ1n) is 7.57. The van der Waals surface area contributed by atoms with Crippen molar-refractivity contribution >= 4 is 11.9 Å². The lowest BCUT2D eigenvalue weighted by Gasteiger charge is -2.17. The van der Waals surface area contributed by atoms with Gasteiger partial charge in [0.2, 0.25) is 12.5 Å². The topological polar surface area (TPSA) is 44.8 Å². The van der Waals surface area contributed by atoms with E-state index in [1.54, 1.807) is 7.11 Å². The number of hydrogen-bond donors (Lipinski definition) is 0. The Labute approximate surface area is 134 Å². The molecule has 1 aliphatic carbocycles. The highest BCUT2D eigenvalue weighted by Crippen LogP contribution is 2.42. The Balaban J connectivity index is 1.73. The fourth-order valence-electron chi connectivity index (χ4n) is 3.09. The van der Waals surface area contributed by atoms with Crippen LogP contribution in [0.1, 0.15) is 27.9 Å². The van der Waals surface area contributed by atoms with Crippen LogP contribution in [0.3, 0.4) is 0 Å². The SMILES string of the molecule is COc1cc(/C=C2\CCc3ccccc3C2=O)cc2c1OCO2. The molecule has 0 radical (unpaired) electrons. The maximum atomic E-state index is 12.7. The molecule has 0 amide bonds. The van der Waals surface area contributed by atoms with Gasteiger partial charge in [-0.2, -0.15) is 0 Å². The number of aryl methyl sites for hydroxylation is 1. The zero-order valence-corrected chi connectivity index (χ0v) is 12.8. The van der Waals surface area contributed by atoms with Gasteiger partial charge in [0.1, 0.15) is 0 Å². The van der Waals surface area contributed by atoms with Crippen molar-refractivity contribution in [3.63, 3.8) is 0 Å². The normalized spacial score (nSPS) is 17.3. The zero-order chi connectivity index (χ0) is 15.8. The fourth-order valence-corrected chi connectivity index (χ4v) is 3.09. The summed E-state index contributed by atoms with van der Waals surface area (Å²) in [5, 5.41) is 0. The van der Waals surface area contributed by atoms with E-state index in [-0.39, 0.29) is 12.6 Å². The molecule has 0 N–H and O–H groups in total. The Morgan fingerprint density at radius 3 is 2.87 bits per heavy atom. The summed E-state index contributed by atoms with van der Waals surface area (Å²) in [6.45, 7) is 0.192. The first-order valence-corrected chi connectivity index (χ1v) is 7.57. The molecule has 0 saturated carbocycles. The molecule has 2 aliphatic rings. The predicted octanol–water partition coefficient (Wildman–Crippen LogP) is 3.64. The van der Waals surface area contributed by atoms with Crippen molar-refractivity contribution in [2.75, 3.05) is 13.9 Å². The minimum absolute atomic E-state index is 0.100. The summed E-state index contributed by atoms with van der Waals surface area (Å²) >= 11 is 0. The minimum Gasteiger partial charge on any atom is -0.493 e. The average molecular weight is 308 g/mol. The lowest BCUT2D eigenvalue weighted by molar-refractivity contribution is 0.102. The van der Waals surface area contributed by atoms with Gasteiger partial charge in [-0.3, -0.25) is 4.79 Å². The molecule has 0 fully saturated rings. The van der Waals surface area contributed by atoms with Crippen LogP contribution < -0.4 is 14.2 Å². The van der Waals surface area contributed by atoms with E-state index in [0.717, 1.165) is 35.1 Å². The second kappa shape index (κ2) is 5.47. The van der Waals surface area contributed by atoms with Gasteiger partial charge in [0, 0.05) is 11.1 Å². The number of rotatable bonds is 2. The fraction of sp³-hybridized carbons (Fsp3) is 0.211. The Bertz CT molecular complexity index is 820. The molecule has 1 heterocycles. The number of fused-ring (bicyclic) bond motifs is 2. The van der Waals surface area contributed by atoms with Crippen LogP contribution in [0.15, 0.2) is 42.0 Å². The largest absolute Gasteiger partial charge is 0.493 e. The van der Waals surface area contributed by atoms with Gasteiger partial charge >= 0.3 is 0 Å². The number of hydrogen-bond acceptors (Lipinski definition) is 4. The lowest BCUT2D eigenvalue weighted by atomic mass is 9.86. The number of allylic oxidation sites excluding steroid dienone is 1. The van der Waals surface area contributed by atoms with E-state index in [1.165, 1.54) is 0 Å². The summed E-state index contributed by atoms with van der Waals surface area (Å²) in [5.74, 6) is 1.99. The van der Waals surface area contributed by atoms with E-state index in [2.05, 4.69) is 0 Å². The van der Waals surface area contributed by atoms with Crippen LogP contribution >= 0.6 is 0 Å². The number of carbonyl (C=O) groups is 1. The van der Waals surface area contributed by atoms with E-state index in [0.29, 0.717) is 17.2 Å². The van der Waals surface area contributed by atoms with Crippen LogP contribution in [0.5, 0.6) is 17.2 Å². The number of benzene rings is 2. The molecule has 1 aliphatic heterocycles. The number of Topliss-reactive ketones (excluding diaryl/α,β-unsaturated/α-hetero) is 1. The quantitative estimate of drug-likeness (QED) is 0.795. The maximum absolute atomic E-state index is 12.7. The third-order valence-corrected chi connectivity index (χ3v) is 4.24. The van der Waals surface area contributed by atoms with E-state index >= 15 is 0 Å². The van der Waals surface area contributed by atoms with E-state index in [1.807, 2.05) is 42.5 Å². The van der Waals surface area contributed by atoms with Gasteiger partial charge in [0.15, 0.2) is 17.3 Å². The monoisotopic (exact) mass is 308 g/mol. The van der Waals surface area contributed by atoms with Gasteiger partial charge in [0.05, 0.1) is 7.11 Å². The van der Waals surface area contributed by atoms with Crippen LogP contribution in [0, 0.1) is 0 Å². The molecule has 0 aromatic heterocycles. The van der Waals surface area contributed by atoms with Crippen LogP contribution in [0.4, 0.5) is 0 Å². The van der Waals surface area contributed by atoms with Crippen molar-refractivity contribution in [1.29, 1.82) is 0 Å². The van der Waals surface area contributed by atoms with Gasteiger partial charge < -0.3 is 14.2 Å². The van der Waals surface area contributed by atoms with E-state index in [9.17, 15) is 4.79 Å². The van der Waals surface area contributed by atoms with Crippen molar-refractivity contribution in [2.24, 2.45) is 0 Å².